The van der Waals surface area contributed by atoms with Crippen molar-refractivity contribution in [3.63, 3.8) is 0 Å². The summed E-state index contributed by atoms with van der Waals surface area (Å²) in [5.74, 6) is -0.973. The maximum Gasteiger partial charge on any atom is 0.295 e. The van der Waals surface area contributed by atoms with Crippen LogP contribution in [0.15, 0.2) is 78.9 Å². The van der Waals surface area contributed by atoms with Crippen molar-refractivity contribution in [3.8, 4) is 17.1 Å². The highest BCUT2D eigenvalue weighted by Crippen LogP contribution is 2.22. The highest BCUT2D eigenvalue weighted by Gasteiger charge is 2.19. The molecule has 0 unspecified atom stereocenters. The molecule has 7 heteroatoms. The van der Waals surface area contributed by atoms with E-state index in [1.54, 1.807) is 12.1 Å². The maximum absolute atomic E-state index is 13.3. The van der Waals surface area contributed by atoms with Gasteiger partial charge in [-0.15, -0.1) is 5.10 Å². The molecule has 0 radical (unpaired) electrons. The summed E-state index contributed by atoms with van der Waals surface area (Å²) in [5.41, 5.74) is 1.74. The third kappa shape index (κ3) is 3.64. The predicted molar refractivity (Wildman–Crippen MR) is 101 cm³/mol. The summed E-state index contributed by atoms with van der Waals surface area (Å²) in [5, 5.41) is 6.95. The molecular formula is C21H14F2N4O. The molecule has 0 saturated carbocycles. The van der Waals surface area contributed by atoms with E-state index in [1.807, 2.05) is 30.3 Å². The van der Waals surface area contributed by atoms with Gasteiger partial charge < -0.3 is 5.32 Å². The Morgan fingerprint density at radius 3 is 2.07 bits per heavy atom. The normalized spacial score (nSPS) is 10.6. The molecule has 28 heavy (non-hydrogen) atoms. The van der Waals surface area contributed by atoms with Crippen molar-refractivity contribution < 1.29 is 13.6 Å². The molecule has 1 aromatic heterocycles. The second-order valence-electron chi connectivity index (χ2n) is 5.97. The number of benzene rings is 3. The van der Waals surface area contributed by atoms with Crippen molar-refractivity contribution in [2.45, 2.75) is 0 Å². The van der Waals surface area contributed by atoms with E-state index in [1.165, 1.54) is 41.1 Å². The number of halogens is 2. The van der Waals surface area contributed by atoms with Crippen molar-refractivity contribution in [2.75, 3.05) is 5.32 Å². The van der Waals surface area contributed by atoms with Crippen LogP contribution >= 0.6 is 0 Å². The van der Waals surface area contributed by atoms with Gasteiger partial charge in [-0.1, -0.05) is 18.2 Å². The first-order valence-corrected chi connectivity index (χ1v) is 8.45. The summed E-state index contributed by atoms with van der Waals surface area (Å²) in [6, 6.07) is 20.3. The van der Waals surface area contributed by atoms with E-state index < -0.39 is 11.7 Å². The van der Waals surface area contributed by atoms with Gasteiger partial charge in [0.15, 0.2) is 5.82 Å². The lowest BCUT2D eigenvalue weighted by Gasteiger charge is -2.05. The molecule has 0 aliphatic rings. The summed E-state index contributed by atoms with van der Waals surface area (Å²) < 4.78 is 27.9. The van der Waals surface area contributed by atoms with Crippen LogP contribution in [0.25, 0.3) is 17.1 Å². The lowest BCUT2D eigenvalue weighted by atomic mass is 10.2. The van der Waals surface area contributed by atoms with E-state index >= 15 is 0 Å². The lowest BCUT2D eigenvalue weighted by Crippen LogP contribution is -2.14. The summed E-state index contributed by atoms with van der Waals surface area (Å²) in [6.45, 7) is 0. The fourth-order valence-electron chi connectivity index (χ4n) is 2.66. The van der Waals surface area contributed by atoms with Crippen LogP contribution in [0.1, 0.15) is 10.6 Å². The highest BCUT2D eigenvalue weighted by molar-refractivity contribution is 6.01. The molecule has 0 spiro atoms. The third-order valence-corrected chi connectivity index (χ3v) is 4.02. The first-order valence-electron chi connectivity index (χ1n) is 8.45. The maximum atomic E-state index is 13.3. The molecule has 0 aliphatic heterocycles. The molecule has 4 rings (SSSR count). The zero-order valence-electron chi connectivity index (χ0n) is 14.5. The van der Waals surface area contributed by atoms with E-state index in [0.29, 0.717) is 22.8 Å². The topological polar surface area (TPSA) is 59.8 Å². The number of hydrogen-bond acceptors (Lipinski definition) is 3. The first-order chi connectivity index (χ1) is 13.6. The molecule has 0 atom stereocenters. The number of anilines is 1. The Bertz CT molecular complexity index is 1110. The molecule has 138 valence electrons. The van der Waals surface area contributed by atoms with Gasteiger partial charge in [0.25, 0.3) is 5.91 Å². The SMILES string of the molecule is O=C(Nc1ccc(F)cc1)c1nc(-c2ccc(F)cc2)n(-c2ccccc2)n1. The Balaban J connectivity index is 1.73. The van der Waals surface area contributed by atoms with Gasteiger partial charge in [0.2, 0.25) is 5.82 Å². The average Bonchev–Trinajstić information content (AvgIpc) is 3.16. The number of para-hydroxylation sites is 1. The minimum Gasteiger partial charge on any atom is -0.319 e. The van der Waals surface area contributed by atoms with Gasteiger partial charge in [0.05, 0.1) is 5.69 Å². The van der Waals surface area contributed by atoms with Crippen molar-refractivity contribution in [2.24, 2.45) is 0 Å². The summed E-state index contributed by atoms with van der Waals surface area (Å²) >= 11 is 0. The Hall–Kier alpha value is -3.87. The fourth-order valence-corrected chi connectivity index (χ4v) is 2.66. The molecular weight excluding hydrogens is 362 g/mol. The van der Waals surface area contributed by atoms with E-state index in [4.69, 9.17) is 0 Å². The van der Waals surface area contributed by atoms with E-state index in [-0.39, 0.29) is 11.6 Å². The second-order valence-corrected chi connectivity index (χ2v) is 5.97. The smallest absolute Gasteiger partial charge is 0.295 e. The molecule has 0 aliphatic carbocycles. The number of carbonyl (C=O) groups excluding carboxylic acids is 1. The molecule has 3 aromatic carbocycles. The van der Waals surface area contributed by atoms with Gasteiger partial charge in [0, 0.05) is 11.3 Å². The monoisotopic (exact) mass is 376 g/mol. The summed E-state index contributed by atoms with van der Waals surface area (Å²) in [6.07, 6.45) is 0. The van der Waals surface area contributed by atoms with Crippen molar-refractivity contribution in [3.05, 3.63) is 96.3 Å². The van der Waals surface area contributed by atoms with Crippen LogP contribution in [0.4, 0.5) is 14.5 Å². The first kappa shape index (κ1) is 17.5. The molecule has 0 saturated heterocycles. The number of carbonyl (C=O) groups is 1. The van der Waals surface area contributed by atoms with Crippen LogP contribution < -0.4 is 5.32 Å². The van der Waals surface area contributed by atoms with Crippen molar-refractivity contribution >= 4 is 11.6 Å². The third-order valence-electron chi connectivity index (χ3n) is 4.02. The number of rotatable bonds is 4. The van der Waals surface area contributed by atoms with Crippen LogP contribution in [-0.2, 0) is 0 Å². The molecule has 0 bridgehead atoms. The van der Waals surface area contributed by atoms with Gasteiger partial charge in [-0.3, -0.25) is 4.79 Å². The lowest BCUT2D eigenvalue weighted by molar-refractivity contribution is 0.101. The highest BCUT2D eigenvalue weighted by atomic mass is 19.1. The van der Waals surface area contributed by atoms with E-state index in [0.717, 1.165) is 0 Å². The van der Waals surface area contributed by atoms with Crippen LogP contribution in [0.3, 0.4) is 0 Å². The van der Waals surface area contributed by atoms with E-state index in [9.17, 15) is 13.6 Å². The minimum atomic E-state index is -0.537. The predicted octanol–water partition coefficient (Wildman–Crippen LogP) is 4.46. The molecule has 4 aromatic rings. The molecule has 5 nitrogen and oxygen atoms in total. The van der Waals surface area contributed by atoms with E-state index in [2.05, 4.69) is 15.4 Å². The number of nitrogens with one attached hydrogen (secondary N) is 1. The molecule has 1 heterocycles. The second kappa shape index (κ2) is 7.40. The van der Waals surface area contributed by atoms with Crippen LogP contribution in [0, 0.1) is 11.6 Å². The fraction of sp³-hybridized carbons (Fsp3) is 0. The largest absolute Gasteiger partial charge is 0.319 e. The zero-order valence-corrected chi connectivity index (χ0v) is 14.5. The average molecular weight is 376 g/mol. The van der Waals surface area contributed by atoms with Gasteiger partial charge in [-0.2, -0.15) is 0 Å². The summed E-state index contributed by atoms with van der Waals surface area (Å²) in [7, 11) is 0. The van der Waals surface area contributed by atoms with Crippen LogP contribution in [0.5, 0.6) is 0 Å². The van der Waals surface area contributed by atoms with Crippen molar-refractivity contribution in [1.29, 1.82) is 0 Å². The van der Waals surface area contributed by atoms with Crippen LogP contribution in [0.2, 0.25) is 0 Å². The quantitative estimate of drug-likeness (QED) is 0.572. The standard InChI is InChI=1S/C21H14F2N4O/c22-15-8-6-14(7-9-15)20-25-19(26-27(20)18-4-2-1-3-5-18)21(28)24-17-12-10-16(23)11-13-17/h1-13H,(H,24,28). The van der Waals surface area contributed by atoms with Gasteiger partial charge in [-0.05, 0) is 60.7 Å². The molecule has 1 N–H and O–H groups in total. The van der Waals surface area contributed by atoms with Gasteiger partial charge >= 0.3 is 0 Å². The number of nitrogens with zero attached hydrogens (tertiary/aromatic N) is 3. The Morgan fingerprint density at radius 1 is 0.821 bits per heavy atom. The zero-order chi connectivity index (χ0) is 19.5. The molecule has 1 amide bonds. The van der Waals surface area contributed by atoms with Crippen molar-refractivity contribution in [1.82, 2.24) is 14.8 Å². The number of amides is 1. The Morgan fingerprint density at radius 2 is 1.43 bits per heavy atom. The Kier molecular flexibility index (Phi) is 4.63. The number of hydrogen-bond donors (Lipinski definition) is 1. The molecule has 0 fully saturated rings. The van der Waals surface area contributed by atoms with Crippen LogP contribution in [-0.4, -0.2) is 20.7 Å². The Labute approximate surface area is 159 Å². The minimum absolute atomic E-state index is 0.0625. The number of aromatic nitrogens is 3. The van der Waals surface area contributed by atoms with Gasteiger partial charge in [-0.25, -0.2) is 18.4 Å². The summed E-state index contributed by atoms with van der Waals surface area (Å²) in [4.78, 5) is 16.9. The van der Waals surface area contributed by atoms with Gasteiger partial charge in [0.1, 0.15) is 11.6 Å².